The number of nitrogens with one attached hydrogen (secondary N) is 2. The van der Waals surface area contributed by atoms with E-state index in [1.807, 2.05) is 61.5 Å². The standard InChI is InChI=1S/C25H22N4O2/c1-16-17(2)29(15-19-11-8-14-31-19)24(28-25(30)18-9-4-3-5-10-18)22(16)23-26-20-12-6-7-13-21(20)27-23/h3-14H,15H2,1-2H3,(H,26,27)(H,28,30). The molecule has 0 aliphatic rings. The number of furan rings is 1. The zero-order chi connectivity index (χ0) is 21.4. The molecule has 0 bridgehead atoms. The molecule has 31 heavy (non-hydrogen) atoms. The van der Waals surface area contributed by atoms with Crippen LogP contribution in [0.5, 0.6) is 0 Å². The van der Waals surface area contributed by atoms with Gasteiger partial charge in [-0.3, -0.25) is 4.79 Å². The fourth-order valence-corrected chi connectivity index (χ4v) is 3.88. The summed E-state index contributed by atoms with van der Waals surface area (Å²) in [6.07, 6.45) is 1.66. The zero-order valence-corrected chi connectivity index (χ0v) is 17.3. The molecule has 0 saturated heterocycles. The summed E-state index contributed by atoms with van der Waals surface area (Å²) in [6, 6.07) is 20.9. The van der Waals surface area contributed by atoms with Gasteiger partial charge in [0.2, 0.25) is 0 Å². The average molecular weight is 410 g/mol. The highest BCUT2D eigenvalue weighted by Crippen LogP contribution is 2.36. The third kappa shape index (κ3) is 3.42. The van der Waals surface area contributed by atoms with Gasteiger partial charge in [0.1, 0.15) is 17.4 Å². The number of benzene rings is 2. The Kier molecular flexibility index (Phi) is 4.67. The summed E-state index contributed by atoms with van der Waals surface area (Å²) in [4.78, 5) is 21.3. The van der Waals surface area contributed by atoms with E-state index >= 15 is 0 Å². The molecule has 0 aliphatic carbocycles. The normalized spacial score (nSPS) is 11.2. The van der Waals surface area contributed by atoms with Crippen LogP contribution in [-0.2, 0) is 6.54 Å². The summed E-state index contributed by atoms with van der Waals surface area (Å²) < 4.78 is 7.65. The van der Waals surface area contributed by atoms with Crippen molar-refractivity contribution in [3.05, 3.63) is 95.6 Å². The molecule has 3 heterocycles. The largest absolute Gasteiger partial charge is 0.467 e. The number of carbonyl (C=O) groups excluding carboxylic acids is 1. The van der Waals surface area contributed by atoms with Crippen molar-refractivity contribution >= 4 is 22.8 Å². The van der Waals surface area contributed by atoms with Gasteiger partial charge in [-0.15, -0.1) is 0 Å². The Morgan fingerprint density at radius 3 is 2.55 bits per heavy atom. The molecule has 0 spiro atoms. The van der Waals surface area contributed by atoms with Crippen LogP contribution < -0.4 is 5.32 Å². The molecule has 5 aromatic rings. The summed E-state index contributed by atoms with van der Waals surface area (Å²) in [6.45, 7) is 4.60. The second-order valence-corrected chi connectivity index (χ2v) is 7.52. The van der Waals surface area contributed by atoms with Crippen molar-refractivity contribution in [3.8, 4) is 11.4 Å². The first-order valence-electron chi connectivity index (χ1n) is 10.2. The number of nitrogens with zero attached hydrogens (tertiary/aromatic N) is 2. The van der Waals surface area contributed by atoms with Crippen molar-refractivity contribution in [2.24, 2.45) is 0 Å². The topological polar surface area (TPSA) is 75.8 Å². The highest BCUT2D eigenvalue weighted by molar-refractivity contribution is 6.06. The van der Waals surface area contributed by atoms with Gasteiger partial charge in [0, 0.05) is 11.3 Å². The number of hydrogen-bond donors (Lipinski definition) is 2. The average Bonchev–Trinajstić information content (AvgIpc) is 3.50. The van der Waals surface area contributed by atoms with Crippen LogP contribution in [0, 0.1) is 13.8 Å². The smallest absolute Gasteiger partial charge is 0.256 e. The van der Waals surface area contributed by atoms with Crippen molar-refractivity contribution in [2.75, 3.05) is 5.32 Å². The summed E-state index contributed by atoms with van der Waals surface area (Å²) in [7, 11) is 0. The number of imidazole rings is 1. The predicted octanol–water partition coefficient (Wildman–Crippen LogP) is 5.54. The quantitative estimate of drug-likeness (QED) is 0.399. The number of hydrogen-bond acceptors (Lipinski definition) is 3. The fraction of sp³-hybridized carbons (Fsp3) is 0.120. The van der Waals surface area contributed by atoms with Crippen molar-refractivity contribution in [2.45, 2.75) is 20.4 Å². The molecule has 6 nitrogen and oxygen atoms in total. The molecular formula is C25H22N4O2. The number of carbonyl (C=O) groups is 1. The lowest BCUT2D eigenvalue weighted by atomic mass is 10.1. The molecule has 5 rings (SSSR count). The summed E-state index contributed by atoms with van der Waals surface area (Å²) in [5, 5.41) is 3.13. The molecule has 0 saturated carbocycles. The second-order valence-electron chi connectivity index (χ2n) is 7.52. The van der Waals surface area contributed by atoms with Crippen LogP contribution in [0.4, 0.5) is 5.82 Å². The van der Waals surface area contributed by atoms with E-state index in [1.54, 1.807) is 18.4 Å². The lowest BCUT2D eigenvalue weighted by molar-refractivity contribution is 0.102. The van der Waals surface area contributed by atoms with E-state index in [4.69, 9.17) is 9.40 Å². The van der Waals surface area contributed by atoms with Crippen LogP contribution >= 0.6 is 0 Å². The third-order valence-electron chi connectivity index (χ3n) is 5.62. The van der Waals surface area contributed by atoms with Crippen LogP contribution in [0.1, 0.15) is 27.4 Å². The van der Waals surface area contributed by atoms with Gasteiger partial charge in [-0.1, -0.05) is 30.3 Å². The first-order valence-corrected chi connectivity index (χ1v) is 10.2. The van der Waals surface area contributed by atoms with Crippen molar-refractivity contribution in [1.29, 1.82) is 0 Å². The van der Waals surface area contributed by atoms with Gasteiger partial charge >= 0.3 is 0 Å². The van der Waals surface area contributed by atoms with E-state index in [0.717, 1.165) is 39.4 Å². The van der Waals surface area contributed by atoms with Crippen LogP contribution in [0.25, 0.3) is 22.4 Å². The van der Waals surface area contributed by atoms with Gasteiger partial charge in [-0.2, -0.15) is 0 Å². The Bertz CT molecular complexity index is 1330. The van der Waals surface area contributed by atoms with Crippen LogP contribution in [0.15, 0.2) is 77.4 Å². The number of rotatable bonds is 5. The minimum absolute atomic E-state index is 0.170. The molecule has 1 amide bonds. The number of H-pyrrole nitrogens is 1. The second kappa shape index (κ2) is 7.65. The van der Waals surface area contributed by atoms with E-state index in [0.29, 0.717) is 17.9 Å². The molecule has 6 heteroatoms. The predicted molar refractivity (Wildman–Crippen MR) is 121 cm³/mol. The lowest BCUT2D eigenvalue weighted by Gasteiger charge is -2.13. The first-order chi connectivity index (χ1) is 15.1. The van der Waals surface area contributed by atoms with Crippen LogP contribution in [0.3, 0.4) is 0 Å². The van der Waals surface area contributed by atoms with E-state index in [2.05, 4.69) is 21.8 Å². The Hall–Kier alpha value is -4.06. The fourth-order valence-electron chi connectivity index (χ4n) is 3.88. The van der Waals surface area contributed by atoms with Crippen LogP contribution in [0.2, 0.25) is 0 Å². The minimum atomic E-state index is -0.170. The van der Waals surface area contributed by atoms with Crippen molar-refractivity contribution < 1.29 is 9.21 Å². The van der Waals surface area contributed by atoms with Gasteiger partial charge in [0.25, 0.3) is 5.91 Å². The van der Waals surface area contributed by atoms with Crippen molar-refractivity contribution in [1.82, 2.24) is 14.5 Å². The SMILES string of the molecule is Cc1c(-c2nc3ccccc3[nH]2)c(NC(=O)c2ccccc2)n(Cc2ccco2)c1C. The molecule has 0 atom stereocenters. The van der Waals surface area contributed by atoms with Crippen LogP contribution in [-0.4, -0.2) is 20.4 Å². The Morgan fingerprint density at radius 2 is 1.81 bits per heavy atom. The maximum atomic E-state index is 13.1. The van der Waals surface area contributed by atoms with E-state index in [9.17, 15) is 4.79 Å². The Balaban J connectivity index is 1.66. The number of aromatic amines is 1. The monoisotopic (exact) mass is 410 g/mol. The number of fused-ring (bicyclic) bond motifs is 1. The van der Waals surface area contributed by atoms with Gasteiger partial charge in [0.15, 0.2) is 0 Å². The molecule has 2 aromatic carbocycles. The molecule has 0 aliphatic heterocycles. The number of anilines is 1. The number of para-hydroxylation sites is 2. The third-order valence-corrected chi connectivity index (χ3v) is 5.62. The van der Waals surface area contributed by atoms with E-state index in [-0.39, 0.29) is 5.91 Å². The molecule has 0 unspecified atom stereocenters. The van der Waals surface area contributed by atoms with Gasteiger partial charge in [-0.25, -0.2) is 4.98 Å². The summed E-state index contributed by atoms with van der Waals surface area (Å²) in [5.41, 5.74) is 5.40. The van der Waals surface area contributed by atoms with E-state index in [1.165, 1.54) is 0 Å². The summed E-state index contributed by atoms with van der Waals surface area (Å²) in [5.74, 6) is 2.06. The minimum Gasteiger partial charge on any atom is -0.467 e. The highest BCUT2D eigenvalue weighted by Gasteiger charge is 2.24. The highest BCUT2D eigenvalue weighted by atomic mass is 16.3. The summed E-state index contributed by atoms with van der Waals surface area (Å²) >= 11 is 0. The molecule has 3 aromatic heterocycles. The molecule has 2 N–H and O–H groups in total. The van der Waals surface area contributed by atoms with Gasteiger partial charge in [0.05, 0.1) is 29.4 Å². The first kappa shape index (κ1) is 18.9. The van der Waals surface area contributed by atoms with Gasteiger partial charge < -0.3 is 19.3 Å². The van der Waals surface area contributed by atoms with Gasteiger partial charge in [-0.05, 0) is 55.8 Å². The molecule has 154 valence electrons. The molecular weight excluding hydrogens is 388 g/mol. The molecule has 0 radical (unpaired) electrons. The lowest BCUT2D eigenvalue weighted by Crippen LogP contribution is -2.16. The number of aromatic nitrogens is 3. The maximum Gasteiger partial charge on any atom is 0.256 e. The molecule has 0 fully saturated rings. The van der Waals surface area contributed by atoms with Crippen molar-refractivity contribution in [3.63, 3.8) is 0 Å². The Labute approximate surface area is 179 Å². The maximum absolute atomic E-state index is 13.1. The number of amides is 1. The Morgan fingerprint density at radius 1 is 1.03 bits per heavy atom. The van der Waals surface area contributed by atoms with E-state index < -0.39 is 0 Å². The zero-order valence-electron chi connectivity index (χ0n) is 17.3.